The molecule has 0 atom stereocenters. The van der Waals surface area contributed by atoms with Gasteiger partial charge in [0.25, 0.3) is 0 Å². The van der Waals surface area contributed by atoms with Crippen LogP contribution in [-0.4, -0.2) is 50.8 Å². The van der Waals surface area contributed by atoms with Crippen molar-refractivity contribution in [2.75, 3.05) is 26.2 Å². The third-order valence-electron chi connectivity index (χ3n) is 5.33. The van der Waals surface area contributed by atoms with Gasteiger partial charge >= 0.3 is 5.97 Å². The van der Waals surface area contributed by atoms with E-state index in [0.29, 0.717) is 32.4 Å². The van der Waals surface area contributed by atoms with E-state index in [9.17, 15) is 18.0 Å². The van der Waals surface area contributed by atoms with Crippen LogP contribution in [0.1, 0.15) is 43.4 Å². The van der Waals surface area contributed by atoms with Crippen molar-refractivity contribution in [3.05, 3.63) is 65.2 Å². The second kappa shape index (κ2) is 13.1. The highest BCUT2D eigenvalue weighted by Crippen LogP contribution is 2.17. The van der Waals surface area contributed by atoms with Crippen LogP contribution in [0.25, 0.3) is 0 Å². The molecule has 0 bridgehead atoms. The van der Waals surface area contributed by atoms with E-state index in [0.717, 1.165) is 11.1 Å². The number of benzene rings is 2. The second-order valence-corrected chi connectivity index (χ2v) is 9.73. The first-order valence-electron chi connectivity index (χ1n) is 11.3. The van der Waals surface area contributed by atoms with Gasteiger partial charge in [0.1, 0.15) is 6.61 Å². The van der Waals surface area contributed by atoms with Crippen LogP contribution in [0.5, 0.6) is 0 Å². The average Bonchev–Trinajstić information content (AvgIpc) is 2.81. The Morgan fingerprint density at radius 3 is 2.00 bits per heavy atom. The summed E-state index contributed by atoms with van der Waals surface area (Å²) in [5.74, 6) is -0.435. The minimum absolute atomic E-state index is 0.0774. The Bertz CT molecular complexity index is 998. The van der Waals surface area contributed by atoms with Gasteiger partial charge < -0.3 is 10.1 Å². The largest absolute Gasteiger partial charge is 0.464 e. The number of nitrogens with zero attached hydrogens (tertiary/aromatic N) is 1. The van der Waals surface area contributed by atoms with Gasteiger partial charge in [-0.2, -0.15) is 4.31 Å². The van der Waals surface area contributed by atoms with Crippen molar-refractivity contribution >= 4 is 21.9 Å². The van der Waals surface area contributed by atoms with Crippen molar-refractivity contribution in [2.45, 2.75) is 51.3 Å². The van der Waals surface area contributed by atoms with Gasteiger partial charge in [0, 0.05) is 25.9 Å². The van der Waals surface area contributed by atoms with Crippen LogP contribution >= 0.6 is 0 Å². The predicted molar refractivity (Wildman–Crippen MR) is 128 cm³/mol. The molecule has 33 heavy (non-hydrogen) atoms. The molecule has 0 heterocycles. The molecule has 0 saturated heterocycles. The molecule has 0 aliphatic rings. The predicted octanol–water partition coefficient (Wildman–Crippen LogP) is 3.25. The van der Waals surface area contributed by atoms with Crippen LogP contribution in [0.15, 0.2) is 53.4 Å². The standard InChI is InChI=1S/C25H34N2O5S/c1-4-27(5-2)33(30,31)23-14-10-22(11-15-23)13-17-25(29)32-19-18-26-24(28)16-12-21-8-6-20(3)7-9-21/h6-11,14-15H,4-5,12-13,16-19H2,1-3H3,(H,26,28). The number of ether oxygens (including phenoxy) is 1. The molecule has 0 unspecified atom stereocenters. The molecule has 1 N–H and O–H groups in total. The number of sulfonamides is 1. The molecule has 8 heteroatoms. The molecule has 2 aromatic carbocycles. The van der Waals surface area contributed by atoms with Crippen molar-refractivity contribution in [1.29, 1.82) is 0 Å². The molecule has 7 nitrogen and oxygen atoms in total. The Kier molecular flexibility index (Phi) is 10.5. The lowest BCUT2D eigenvalue weighted by Gasteiger charge is -2.18. The maximum atomic E-state index is 12.5. The van der Waals surface area contributed by atoms with Crippen molar-refractivity contribution in [3.8, 4) is 0 Å². The monoisotopic (exact) mass is 474 g/mol. The molecular formula is C25H34N2O5S. The van der Waals surface area contributed by atoms with E-state index in [1.807, 2.05) is 31.2 Å². The number of hydrogen-bond donors (Lipinski definition) is 1. The van der Waals surface area contributed by atoms with Crippen LogP contribution in [0.2, 0.25) is 0 Å². The number of carbonyl (C=O) groups excluding carboxylic acids is 2. The van der Waals surface area contributed by atoms with Crippen molar-refractivity contribution in [2.24, 2.45) is 0 Å². The maximum absolute atomic E-state index is 12.5. The molecule has 2 rings (SSSR count). The zero-order chi connectivity index (χ0) is 24.3. The number of nitrogens with one attached hydrogen (secondary N) is 1. The molecule has 0 saturated carbocycles. The van der Waals surface area contributed by atoms with Gasteiger partial charge in [0.2, 0.25) is 15.9 Å². The topological polar surface area (TPSA) is 92.8 Å². The summed E-state index contributed by atoms with van der Waals surface area (Å²) < 4.78 is 31.6. The van der Waals surface area contributed by atoms with Gasteiger partial charge in [0.15, 0.2) is 0 Å². The summed E-state index contributed by atoms with van der Waals surface area (Å²) in [6, 6.07) is 14.7. The van der Waals surface area contributed by atoms with E-state index >= 15 is 0 Å². The van der Waals surface area contributed by atoms with Crippen molar-refractivity contribution < 1.29 is 22.7 Å². The smallest absolute Gasteiger partial charge is 0.306 e. The maximum Gasteiger partial charge on any atom is 0.306 e. The Morgan fingerprint density at radius 1 is 0.879 bits per heavy atom. The molecule has 2 aromatic rings. The lowest BCUT2D eigenvalue weighted by atomic mass is 10.1. The van der Waals surface area contributed by atoms with E-state index in [1.165, 1.54) is 9.87 Å². The van der Waals surface area contributed by atoms with E-state index in [-0.39, 0.29) is 36.3 Å². The fourth-order valence-electron chi connectivity index (χ4n) is 3.32. The number of carbonyl (C=O) groups is 2. The van der Waals surface area contributed by atoms with Gasteiger partial charge in [-0.05, 0) is 43.0 Å². The summed E-state index contributed by atoms with van der Waals surface area (Å²) in [6.45, 7) is 6.86. The zero-order valence-corrected chi connectivity index (χ0v) is 20.5. The number of amides is 1. The second-order valence-electron chi connectivity index (χ2n) is 7.79. The highest BCUT2D eigenvalue weighted by atomic mass is 32.2. The van der Waals surface area contributed by atoms with Crippen LogP contribution in [0.3, 0.4) is 0 Å². The summed E-state index contributed by atoms with van der Waals surface area (Å²) in [5, 5.41) is 2.76. The summed E-state index contributed by atoms with van der Waals surface area (Å²) in [5.41, 5.74) is 3.15. The third kappa shape index (κ3) is 8.63. The fourth-order valence-corrected chi connectivity index (χ4v) is 4.77. The van der Waals surface area contributed by atoms with Crippen LogP contribution in [0, 0.1) is 6.92 Å². The fraction of sp³-hybridized carbons (Fsp3) is 0.440. The Hall–Kier alpha value is -2.71. The Labute approximate surface area is 197 Å². The summed E-state index contributed by atoms with van der Waals surface area (Å²) >= 11 is 0. The van der Waals surface area contributed by atoms with Gasteiger partial charge in [-0.25, -0.2) is 8.42 Å². The number of aryl methyl sites for hydroxylation is 3. The van der Waals surface area contributed by atoms with E-state index < -0.39 is 10.0 Å². The highest BCUT2D eigenvalue weighted by Gasteiger charge is 2.21. The van der Waals surface area contributed by atoms with Gasteiger partial charge in [-0.1, -0.05) is 55.8 Å². The first-order valence-corrected chi connectivity index (χ1v) is 12.8. The summed E-state index contributed by atoms with van der Waals surface area (Å²) in [6.07, 6.45) is 1.69. The molecule has 0 aliphatic heterocycles. The van der Waals surface area contributed by atoms with Crippen LogP contribution in [0.4, 0.5) is 0 Å². The first-order chi connectivity index (χ1) is 15.8. The van der Waals surface area contributed by atoms with Gasteiger partial charge in [-0.15, -0.1) is 0 Å². The quantitative estimate of drug-likeness (QED) is 0.355. The average molecular weight is 475 g/mol. The van der Waals surface area contributed by atoms with Crippen LogP contribution in [-0.2, 0) is 37.2 Å². The van der Waals surface area contributed by atoms with Gasteiger partial charge in [-0.3, -0.25) is 9.59 Å². The number of esters is 1. The number of hydrogen-bond acceptors (Lipinski definition) is 5. The van der Waals surface area contributed by atoms with E-state index in [1.54, 1.807) is 38.1 Å². The van der Waals surface area contributed by atoms with E-state index in [2.05, 4.69) is 5.32 Å². The molecular weight excluding hydrogens is 440 g/mol. The number of rotatable bonds is 13. The Morgan fingerprint density at radius 2 is 1.42 bits per heavy atom. The molecule has 1 amide bonds. The van der Waals surface area contributed by atoms with Crippen molar-refractivity contribution in [3.63, 3.8) is 0 Å². The molecule has 0 radical (unpaired) electrons. The van der Waals surface area contributed by atoms with Crippen LogP contribution < -0.4 is 5.32 Å². The lowest BCUT2D eigenvalue weighted by Crippen LogP contribution is -2.30. The zero-order valence-electron chi connectivity index (χ0n) is 19.7. The normalized spacial score (nSPS) is 11.4. The molecule has 0 fully saturated rings. The Balaban J connectivity index is 1.65. The molecule has 0 spiro atoms. The SMILES string of the molecule is CCN(CC)S(=O)(=O)c1ccc(CCC(=O)OCCNC(=O)CCc2ccc(C)cc2)cc1. The molecule has 0 aromatic heterocycles. The minimum Gasteiger partial charge on any atom is -0.464 e. The summed E-state index contributed by atoms with van der Waals surface area (Å²) in [4.78, 5) is 24.1. The van der Waals surface area contributed by atoms with E-state index in [4.69, 9.17) is 4.74 Å². The minimum atomic E-state index is -3.49. The van der Waals surface area contributed by atoms with Gasteiger partial charge in [0.05, 0.1) is 11.4 Å². The third-order valence-corrected chi connectivity index (χ3v) is 7.40. The van der Waals surface area contributed by atoms with Crippen molar-refractivity contribution in [1.82, 2.24) is 9.62 Å². The first kappa shape index (κ1) is 26.5. The lowest BCUT2D eigenvalue weighted by molar-refractivity contribution is -0.143. The highest BCUT2D eigenvalue weighted by molar-refractivity contribution is 7.89. The molecule has 0 aliphatic carbocycles. The summed E-state index contributed by atoms with van der Waals surface area (Å²) in [7, 11) is -3.49. The molecule has 180 valence electrons.